The zero-order valence-electron chi connectivity index (χ0n) is 10.9. The maximum absolute atomic E-state index is 5.31. The largest absolute Gasteiger partial charge is 0.497 e. The predicted octanol–water partition coefficient (Wildman–Crippen LogP) is 2.04. The Morgan fingerprint density at radius 3 is 2.89 bits per heavy atom. The average Bonchev–Trinajstić information content (AvgIpc) is 2.47. The van der Waals surface area contributed by atoms with Crippen LogP contribution in [0, 0.1) is 5.92 Å². The lowest BCUT2D eigenvalue weighted by Gasteiger charge is -2.28. The number of fused-ring (bicyclic) bond motifs is 1. The topological polar surface area (TPSA) is 33.6 Å². The third-order valence-corrected chi connectivity index (χ3v) is 3.98. The first-order valence-electron chi connectivity index (χ1n) is 6.81. The normalized spacial score (nSPS) is 20.2. The number of hydrogen-bond acceptors (Lipinski definition) is 3. The first kappa shape index (κ1) is 11.7. The van der Waals surface area contributed by atoms with Crippen LogP contribution >= 0.6 is 0 Å². The summed E-state index contributed by atoms with van der Waals surface area (Å²) in [5, 5.41) is 3.42. The second kappa shape index (κ2) is 5.11. The lowest BCUT2D eigenvalue weighted by molar-refractivity contribution is 0.414. The van der Waals surface area contributed by atoms with Crippen molar-refractivity contribution < 1.29 is 4.74 Å². The number of rotatable bonds is 2. The Morgan fingerprint density at radius 1 is 1.28 bits per heavy atom. The van der Waals surface area contributed by atoms with E-state index in [0.29, 0.717) is 5.92 Å². The highest BCUT2D eigenvalue weighted by Gasteiger charge is 2.24. The molecule has 0 bridgehead atoms. The van der Waals surface area contributed by atoms with Crippen LogP contribution in [0.5, 0.6) is 5.75 Å². The second-order valence-corrected chi connectivity index (χ2v) is 5.06. The van der Waals surface area contributed by atoms with Gasteiger partial charge in [0.2, 0.25) is 0 Å². The fourth-order valence-corrected chi connectivity index (χ4v) is 2.98. The van der Waals surface area contributed by atoms with Crippen molar-refractivity contribution in [1.29, 1.82) is 0 Å². The van der Waals surface area contributed by atoms with E-state index in [-0.39, 0.29) is 0 Å². The summed E-state index contributed by atoms with van der Waals surface area (Å²) in [4.78, 5) is 4.80. The molecule has 0 saturated carbocycles. The van der Waals surface area contributed by atoms with E-state index in [1.807, 2.05) is 0 Å². The van der Waals surface area contributed by atoms with Gasteiger partial charge in [-0.15, -0.1) is 0 Å². The minimum Gasteiger partial charge on any atom is -0.497 e. The molecule has 0 aromatic heterocycles. The van der Waals surface area contributed by atoms with Crippen molar-refractivity contribution in [3.8, 4) is 5.75 Å². The highest BCUT2D eigenvalue weighted by Crippen LogP contribution is 2.27. The van der Waals surface area contributed by atoms with E-state index in [1.165, 1.54) is 29.7 Å². The van der Waals surface area contributed by atoms with Gasteiger partial charge in [0.15, 0.2) is 0 Å². The van der Waals surface area contributed by atoms with E-state index in [9.17, 15) is 0 Å². The lowest BCUT2D eigenvalue weighted by Crippen LogP contribution is -2.33. The summed E-state index contributed by atoms with van der Waals surface area (Å²) in [6.45, 7) is 3.17. The molecule has 1 aromatic rings. The van der Waals surface area contributed by atoms with Crippen LogP contribution in [0.25, 0.3) is 0 Å². The Balaban J connectivity index is 1.91. The SMILES string of the molecule is COc1ccc2c(c1)CCN=C2C1CCNCC1. The van der Waals surface area contributed by atoms with Crippen LogP contribution in [0.1, 0.15) is 24.0 Å². The predicted molar refractivity (Wildman–Crippen MR) is 73.7 cm³/mol. The summed E-state index contributed by atoms with van der Waals surface area (Å²) in [7, 11) is 1.73. The maximum Gasteiger partial charge on any atom is 0.119 e. The Kier molecular flexibility index (Phi) is 3.33. The van der Waals surface area contributed by atoms with Crippen molar-refractivity contribution in [3.05, 3.63) is 29.3 Å². The third-order valence-electron chi connectivity index (χ3n) is 3.98. The first-order chi connectivity index (χ1) is 8.88. The van der Waals surface area contributed by atoms with Crippen LogP contribution < -0.4 is 10.1 Å². The second-order valence-electron chi connectivity index (χ2n) is 5.06. The van der Waals surface area contributed by atoms with Crippen molar-refractivity contribution in [2.24, 2.45) is 10.9 Å². The van der Waals surface area contributed by atoms with Crippen LogP contribution in [0.2, 0.25) is 0 Å². The van der Waals surface area contributed by atoms with Gasteiger partial charge in [-0.1, -0.05) is 0 Å². The summed E-state index contributed by atoms with van der Waals surface area (Å²) in [5.41, 5.74) is 4.09. The summed E-state index contributed by atoms with van der Waals surface area (Å²) in [5.74, 6) is 1.60. The monoisotopic (exact) mass is 244 g/mol. The van der Waals surface area contributed by atoms with Gasteiger partial charge in [0, 0.05) is 18.2 Å². The zero-order valence-corrected chi connectivity index (χ0v) is 10.9. The number of benzene rings is 1. The van der Waals surface area contributed by atoms with Crippen LogP contribution in [0.3, 0.4) is 0 Å². The quantitative estimate of drug-likeness (QED) is 0.863. The molecule has 0 amide bonds. The molecule has 3 rings (SSSR count). The molecule has 1 saturated heterocycles. The number of ether oxygens (including phenoxy) is 1. The molecule has 3 nitrogen and oxygen atoms in total. The van der Waals surface area contributed by atoms with E-state index < -0.39 is 0 Å². The molecule has 0 aliphatic carbocycles. The Bertz CT molecular complexity index is 462. The molecule has 1 aromatic carbocycles. The van der Waals surface area contributed by atoms with Crippen molar-refractivity contribution in [2.75, 3.05) is 26.7 Å². The van der Waals surface area contributed by atoms with Gasteiger partial charge in [0.1, 0.15) is 5.75 Å². The van der Waals surface area contributed by atoms with Gasteiger partial charge in [0.05, 0.1) is 7.11 Å². The fraction of sp³-hybridized carbons (Fsp3) is 0.533. The van der Waals surface area contributed by atoms with E-state index >= 15 is 0 Å². The third kappa shape index (κ3) is 2.15. The van der Waals surface area contributed by atoms with Gasteiger partial charge in [0.25, 0.3) is 0 Å². The molecular weight excluding hydrogens is 224 g/mol. The van der Waals surface area contributed by atoms with Crippen LogP contribution in [0.15, 0.2) is 23.2 Å². The van der Waals surface area contributed by atoms with Crippen molar-refractivity contribution in [3.63, 3.8) is 0 Å². The molecular formula is C15H20N2O. The summed E-state index contributed by atoms with van der Waals surface area (Å²) in [6, 6.07) is 6.42. The number of methoxy groups -OCH3 is 1. The molecule has 2 heterocycles. The summed E-state index contributed by atoms with van der Waals surface area (Å²) >= 11 is 0. The van der Waals surface area contributed by atoms with E-state index in [0.717, 1.165) is 31.8 Å². The minimum absolute atomic E-state index is 0.638. The maximum atomic E-state index is 5.31. The van der Waals surface area contributed by atoms with Crippen molar-refractivity contribution in [2.45, 2.75) is 19.3 Å². The van der Waals surface area contributed by atoms with Crippen LogP contribution in [-0.2, 0) is 6.42 Å². The highest BCUT2D eigenvalue weighted by molar-refractivity contribution is 6.04. The molecule has 3 heteroatoms. The number of nitrogens with zero attached hydrogens (tertiary/aromatic N) is 1. The van der Waals surface area contributed by atoms with Gasteiger partial charge in [-0.05, 0) is 61.7 Å². The Morgan fingerprint density at radius 2 is 2.11 bits per heavy atom. The molecule has 2 aliphatic rings. The Hall–Kier alpha value is -1.35. The molecule has 0 unspecified atom stereocenters. The summed E-state index contributed by atoms with van der Waals surface area (Å²) in [6.07, 6.45) is 3.47. The first-order valence-corrected chi connectivity index (χ1v) is 6.81. The molecule has 1 N–H and O–H groups in total. The van der Waals surface area contributed by atoms with E-state index in [4.69, 9.17) is 9.73 Å². The smallest absolute Gasteiger partial charge is 0.119 e. The van der Waals surface area contributed by atoms with Gasteiger partial charge < -0.3 is 10.1 Å². The fourth-order valence-electron chi connectivity index (χ4n) is 2.98. The standard InChI is InChI=1S/C15H20N2O/c1-18-13-2-3-14-12(10-13)6-9-17-15(14)11-4-7-16-8-5-11/h2-3,10-11,16H,4-9H2,1H3. The van der Waals surface area contributed by atoms with E-state index in [2.05, 4.69) is 23.5 Å². The van der Waals surface area contributed by atoms with Crippen molar-refractivity contribution in [1.82, 2.24) is 5.32 Å². The number of nitrogens with one attached hydrogen (secondary N) is 1. The van der Waals surface area contributed by atoms with Crippen LogP contribution in [0.4, 0.5) is 0 Å². The highest BCUT2D eigenvalue weighted by atomic mass is 16.5. The molecule has 96 valence electrons. The molecule has 1 fully saturated rings. The van der Waals surface area contributed by atoms with Crippen molar-refractivity contribution >= 4 is 5.71 Å². The minimum atomic E-state index is 0.638. The van der Waals surface area contributed by atoms with Gasteiger partial charge in [-0.2, -0.15) is 0 Å². The molecule has 0 spiro atoms. The Labute approximate surface area is 108 Å². The van der Waals surface area contributed by atoms with Gasteiger partial charge >= 0.3 is 0 Å². The lowest BCUT2D eigenvalue weighted by atomic mass is 9.85. The van der Waals surface area contributed by atoms with E-state index in [1.54, 1.807) is 7.11 Å². The molecule has 0 atom stereocenters. The summed E-state index contributed by atoms with van der Waals surface area (Å²) < 4.78 is 5.31. The number of piperidine rings is 1. The van der Waals surface area contributed by atoms with Gasteiger partial charge in [-0.25, -0.2) is 0 Å². The van der Waals surface area contributed by atoms with Crippen LogP contribution in [-0.4, -0.2) is 32.5 Å². The zero-order chi connectivity index (χ0) is 12.4. The average molecular weight is 244 g/mol. The molecule has 0 radical (unpaired) electrons. The molecule has 18 heavy (non-hydrogen) atoms. The molecule has 2 aliphatic heterocycles. The van der Waals surface area contributed by atoms with Gasteiger partial charge in [-0.3, -0.25) is 4.99 Å². The number of aliphatic imine (C=N–C) groups is 1. The number of hydrogen-bond donors (Lipinski definition) is 1.